The number of nitrogens with one attached hydrogen (secondary N) is 2. The Balaban J connectivity index is 2.20. The highest BCUT2D eigenvalue weighted by molar-refractivity contribution is 5.94. The minimum atomic E-state index is 0.0757. The van der Waals surface area contributed by atoms with E-state index >= 15 is 0 Å². The Morgan fingerprint density at radius 3 is 2.68 bits per heavy atom. The molecule has 1 aromatic heterocycles. The molecule has 31 heavy (non-hydrogen) atoms. The van der Waals surface area contributed by atoms with Crippen LogP contribution in [0.4, 0.5) is 17.3 Å². The summed E-state index contributed by atoms with van der Waals surface area (Å²) in [5.74, 6) is 1.43. The number of hydrogen-bond donors (Lipinski definition) is 2. The van der Waals surface area contributed by atoms with Gasteiger partial charge in [-0.3, -0.25) is 14.5 Å². The van der Waals surface area contributed by atoms with Gasteiger partial charge in [0.05, 0.1) is 6.34 Å². The van der Waals surface area contributed by atoms with E-state index in [1.54, 1.807) is 18.2 Å². The molecule has 1 aliphatic rings. The summed E-state index contributed by atoms with van der Waals surface area (Å²) in [5, 5.41) is 6.37. The Labute approximate surface area is 185 Å². The van der Waals surface area contributed by atoms with Gasteiger partial charge >= 0.3 is 0 Å². The van der Waals surface area contributed by atoms with Gasteiger partial charge in [0, 0.05) is 25.2 Å². The lowest BCUT2D eigenvalue weighted by Crippen LogP contribution is -2.32. The van der Waals surface area contributed by atoms with Crippen molar-refractivity contribution in [3.63, 3.8) is 0 Å². The van der Waals surface area contributed by atoms with Gasteiger partial charge < -0.3 is 10.6 Å². The first kappa shape index (κ1) is 24.1. The SMILES string of the molecule is CCCC(=O)N(CCC)c1ccc(N=CNC2=CC=C(C(C)=O)CC=C2)c(NCC)n1. The summed E-state index contributed by atoms with van der Waals surface area (Å²) in [6.45, 7) is 8.94. The van der Waals surface area contributed by atoms with Crippen molar-refractivity contribution in [1.82, 2.24) is 10.3 Å². The van der Waals surface area contributed by atoms with Gasteiger partial charge in [0.2, 0.25) is 5.91 Å². The molecule has 0 bridgehead atoms. The lowest BCUT2D eigenvalue weighted by Gasteiger charge is -2.22. The minimum absolute atomic E-state index is 0.0757. The Kier molecular flexibility index (Phi) is 9.68. The molecule has 0 unspecified atom stereocenters. The first-order chi connectivity index (χ1) is 15.0. The molecule has 0 saturated carbocycles. The zero-order valence-electron chi connectivity index (χ0n) is 18.9. The van der Waals surface area contributed by atoms with Crippen LogP contribution < -0.4 is 15.5 Å². The molecule has 1 amide bonds. The third-order valence-corrected chi connectivity index (χ3v) is 4.68. The molecular weight excluding hydrogens is 390 g/mol. The van der Waals surface area contributed by atoms with E-state index in [1.165, 1.54) is 0 Å². The summed E-state index contributed by atoms with van der Waals surface area (Å²) < 4.78 is 0. The van der Waals surface area contributed by atoms with Gasteiger partial charge in [-0.2, -0.15) is 0 Å². The number of ketones is 1. The van der Waals surface area contributed by atoms with Gasteiger partial charge in [-0.1, -0.05) is 26.0 Å². The summed E-state index contributed by atoms with van der Waals surface area (Å²) >= 11 is 0. The molecule has 2 rings (SSSR count). The van der Waals surface area contributed by atoms with Gasteiger partial charge in [0.25, 0.3) is 0 Å². The molecule has 7 nitrogen and oxygen atoms in total. The van der Waals surface area contributed by atoms with Gasteiger partial charge in [0.15, 0.2) is 11.6 Å². The van der Waals surface area contributed by atoms with E-state index in [0.29, 0.717) is 43.3 Å². The van der Waals surface area contributed by atoms with E-state index in [2.05, 4.69) is 20.6 Å². The molecule has 0 aliphatic heterocycles. The number of carbonyl (C=O) groups excluding carboxylic acids is 2. The number of hydrogen-bond acceptors (Lipinski definition) is 5. The third kappa shape index (κ3) is 7.20. The van der Waals surface area contributed by atoms with Crippen molar-refractivity contribution >= 4 is 35.4 Å². The van der Waals surface area contributed by atoms with Crippen LogP contribution in [0.3, 0.4) is 0 Å². The van der Waals surface area contributed by atoms with Crippen LogP contribution in [0.5, 0.6) is 0 Å². The van der Waals surface area contributed by atoms with Crippen LogP contribution in [-0.4, -0.2) is 36.1 Å². The van der Waals surface area contributed by atoms with Crippen molar-refractivity contribution in [2.24, 2.45) is 4.99 Å². The summed E-state index contributed by atoms with van der Waals surface area (Å²) in [7, 11) is 0. The van der Waals surface area contributed by atoms with Crippen LogP contribution in [0.2, 0.25) is 0 Å². The number of nitrogens with zero attached hydrogens (tertiary/aromatic N) is 3. The van der Waals surface area contributed by atoms with Gasteiger partial charge in [-0.25, -0.2) is 9.98 Å². The summed E-state index contributed by atoms with van der Waals surface area (Å²) in [6.07, 6.45) is 12.0. The van der Waals surface area contributed by atoms with Gasteiger partial charge in [0.1, 0.15) is 11.5 Å². The van der Waals surface area contributed by atoms with Crippen molar-refractivity contribution < 1.29 is 9.59 Å². The van der Waals surface area contributed by atoms with Crippen LogP contribution in [0.15, 0.2) is 52.7 Å². The van der Waals surface area contributed by atoms with E-state index in [4.69, 9.17) is 0 Å². The highest BCUT2D eigenvalue weighted by atomic mass is 16.2. The zero-order valence-corrected chi connectivity index (χ0v) is 18.9. The number of aliphatic imine (C=N–C) groups is 1. The van der Waals surface area contributed by atoms with Crippen LogP contribution >= 0.6 is 0 Å². The number of Topliss-reactive ketones (excluding diaryl/α,β-unsaturated/α-hetero) is 1. The maximum absolute atomic E-state index is 12.5. The largest absolute Gasteiger partial charge is 0.368 e. The van der Waals surface area contributed by atoms with Crippen LogP contribution in [0.25, 0.3) is 0 Å². The molecule has 0 fully saturated rings. The lowest BCUT2D eigenvalue weighted by atomic mass is 10.1. The second kappa shape index (κ2) is 12.5. The standard InChI is InChI=1S/C24H33N5O2/c1-5-9-23(31)29(16-6-2)22-15-14-21(24(28-22)25-7-3)27-17-26-20-11-8-10-19(12-13-20)18(4)30/h8,11-15,17H,5-7,9-10,16H2,1-4H3,(H,25,28)(H,26,27). The van der Waals surface area contributed by atoms with Crippen LogP contribution in [0.1, 0.15) is 53.4 Å². The normalized spacial score (nSPS) is 13.4. The van der Waals surface area contributed by atoms with Gasteiger partial charge in [-0.15, -0.1) is 0 Å². The van der Waals surface area contributed by atoms with Crippen molar-refractivity contribution in [3.8, 4) is 0 Å². The molecular formula is C24H33N5O2. The van der Waals surface area contributed by atoms with Crippen molar-refractivity contribution in [2.45, 2.75) is 53.4 Å². The number of carbonyl (C=O) groups is 2. The molecule has 2 N–H and O–H groups in total. The Morgan fingerprint density at radius 1 is 1.19 bits per heavy atom. The van der Waals surface area contributed by atoms with E-state index < -0.39 is 0 Å². The lowest BCUT2D eigenvalue weighted by molar-refractivity contribution is -0.118. The zero-order chi connectivity index (χ0) is 22.6. The smallest absolute Gasteiger partial charge is 0.228 e. The number of amides is 1. The van der Waals surface area contributed by atoms with E-state index in [9.17, 15) is 9.59 Å². The van der Waals surface area contributed by atoms with E-state index in [-0.39, 0.29) is 11.7 Å². The molecule has 0 radical (unpaired) electrons. The van der Waals surface area contributed by atoms with Crippen LogP contribution in [-0.2, 0) is 9.59 Å². The maximum atomic E-state index is 12.5. The Hall–Kier alpha value is -3.22. The average Bonchev–Trinajstić information content (AvgIpc) is 2.99. The maximum Gasteiger partial charge on any atom is 0.228 e. The fraction of sp³-hybridized carbons (Fsp3) is 0.417. The molecule has 1 aliphatic carbocycles. The third-order valence-electron chi connectivity index (χ3n) is 4.68. The number of aromatic nitrogens is 1. The second-order valence-electron chi connectivity index (χ2n) is 7.24. The summed E-state index contributed by atoms with van der Waals surface area (Å²) in [6, 6.07) is 3.70. The minimum Gasteiger partial charge on any atom is -0.368 e. The second-order valence-corrected chi connectivity index (χ2v) is 7.24. The predicted molar refractivity (Wildman–Crippen MR) is 128 cm³/mol. The number of rotatable bonds is 11. The van der Waals surface area contributed by atoms with E-state index in [1.807, 2.05) is 57.2 Å². The van der Waals surface area contributed by atoms with Crippen molar-refractivity contribution in [2.75, 3.05) is 23.3 Å². The fourth-order valence-electron chi connectivity index (χ4n) is 3.09. The number of allylic oxidation sites excluding steroid dienone is 5. The predicted octanol–water partition coefficient (Wildman–Crippen LogP) is 4.67. The monoisotopic (exact) mass is 423 g/mol. The molecule has 1 aromatic rings. The molecule has 166 valence electrons. The molecule has 0 aromatic carbocycles. The Morgan fingerprint density at radius 2 is 2.00 bits per heavy atom. The summed E-state index contributed by atoms with van der Waals surface area (Å²) in [5.41, 5.74) is 2.29. The molecule has 7 heteroatoms. The van der Waals surface area contributed by atoms with Gasteiger partial charge in [-0.05, 0) is 63.0 Å². The van der Waals surface area contributed by atoms with E-state index in [0.717, 1.165) is 24.1 Å². The first-order valence-electron chi connectivity index (χ1n) is 10.9. The highest BCUT2D eigenvalue weighted by Crippen LogP contribution is 2.26. The quantitative estimate of drug-likeness (QED) is 0.399. The number of anilines is 2. The highest BCUT2D eigenvalue weighted by Gasteiger charge is 2.17. The molecule has 1 heterocycles. The molecule has 0 spiro atoms. The molecule has 0 saturated heterocycles. The molecule has 0 atom stereocenters. The Bertz CT molecular complexity index is 899. The fourth-order valence-corrected chi connectivity index (χ4v) is 3.09. The topological polar surface area (TPSA) is 86.7 Å². The van der Waals surface area contributed by atoms with Crippen LogP contribution in [0, 0.1) is 0 Å². The first-order valence-corrected chi connectivity index (χ1v) is 10.9. The summed E-state index contributed by atoms with van der Waals surface area (Å²) in [4.78, 5) is 35.0. The van der Waals surface area contributed by atoms with Crippen molar-refractivity contribution in [1.29, 1.82) is 0 Å². The average molecular weight is 424 g/mol. The van der Waals surface area contributed by atoms with Crippen molar-refractivity contribution in [3.05, 3.63) is 47.7 Å². The number of pyridine rings is 1.